The van der Waals surface area contributed by atoms with Crippen molar-refractivity contribution in [3.05, 3.63) is 42.5 Å². The van der Waals surface area contributed by atoms with Crippen LogP contribution in [0.2, 0.25) is 0 Å². The van der Waals surface area contributed by atoms with Gasteiger partial charge in [0.05, 0.1) is 11.8 Å². The van der Waals surface area contributed by atoms with Crippen LogP contribution in [0.1, 0.15) is 39.5 Å². The van der Waals surface area contributed by atoms with Gasteiger partial charge in [0.1, 0.15) is 6.04 Å². The summed E-state index contributed by atoms with van der Waals surface area (Å²) in [5.74, 6) is -2.50. The summed E-state index contributed by atoms with van der Waals surface area (Å²) >= 11 is 0. The molecule has 1 N–H and O–H groups in total. The first-order valence-electron chi connectivity index (χ1n) is 10.7. The number of nitrogens with zero attached hydrogens (tertiary/aromatic N) is 1. The third-order valence-corrected chi connectivity index (χ3v) is 6.28. The Morgan fingerprint density at radius 2 is 1.58 bits per heavy atom. The highest BCUT2D eigenvalue weighted by atomic mass is 16.5. The molecular weight excluding hydrogens is 396 g/mol. The highest BCUT2D eigenvalue weighted by Crippen LogP contribution is 2.39. The van der Waals surface area contributed by atoms with Crippen LogP contribution in [0, 0.1) is 11.8 Å². The molecule has 1 saturated carbocycles. The molecule has 2 fully saturated rings. The number of esters is 1. The molecule has 1 heterocycles. The minimum Gasteiger partial charge on any atom is -0.451 e. The molecule has 0 spiro atoms. The fourth-order valence-corrected chi connectivity index (χ4v) is 4.51. The number of amides is 3. The van der Waals surface area contributed by atoms with E-state index in [4.69, 9.17) is 4.74 Å². The van der Waals surface area contributed by atoms with E-state index in [1.165, 1.54) is 13.8 Å². The zero-order valence-electron chi connectivity index (χ0n) is 17.7. The predicted molar refractivity (Wildman–Crippen MR) is 115 cm³/mol. The van der Waals surface area contributed by atoms with Crippen LogP contribution >= 0.6 is 0 Å². The standard InChI is InChI=1S/C24H26N2O5/c1-14(26-22(28)19-9-5-6-10-20(19)23(26)29)24(30)31-15(2)21(27)25-18-12-11-16-7-3-4-8-17(16)13-18/h3-4,7-8,11-15,19-20H,5-6,9-10H2,1-2H3,(H,25,27)/t14-,15+,19-,20-/m0/s1. The number of fused-ring (bicyclic) bond motifs is 2. The van der Waals surface area contributed by atoms with Gasteiger partial charge in [-0.15, -0.1) is 0 Å². The van der Waals surface area contributed by atoms with E-state index < -0.39 is 24.0 Å². The monoisotopic (exact) mass is 422 g/mol. The zero-order chi connectivity index (χ0) is 22.1. The van der Waals surface area contributed by atoms with Crippen molar-refractivity contribution >= 4 is 40.2 Å². The molecule has 2 aliphatic rings. The molecule has 2 aromatic carbocycles. The number of carbonyl (C=O) groups excluding carboxylic acids is 4. The minimum absolute atomic E-state index is 0.299. The van der Waals surface area contributed by atoms with Crippen LogP contribution in [0.25, 0.3) is 10.8 Å². The number of hydrogen-bond acceptors (Lipinski definition) is 5. The fraction of sp³-hybridized carbons (Fsp3) is 0.417. The number of nitrogens with one attached hydrogen (secondary N) is 1. The maximum Gasteiger partial charge on any atom is 0.329 e. The van der Waals surface area contributed by atoms with Gasteiger partial charge in [0.15, 0.2) is 6.10 Å². The molecule has 7 heteroatoms. The van der Waals surface area contributed by atoms with Gasteiger partial charge in [-0.2, -0.15) is 0 Å². The van der Waals surface area contributed by atoms with E-state index in [1.54, 1.807) is 6.07 Å². The molecule has 2 aromatic rings. The van der Waals surface area contributed by atoms with E-state index in [9.17, 15) is 19.2 Å². The maximum atomic E-state index is 12.7. The van der Waals surface area contributed by atoms with Gasteiger partial charge < -0.3 is 10.1 Å². The number of imide groups is 1. The van der Waals surface area contributed by atoms with Gasteiger partial charge in [0.2, 0.25) is 11.8 Å². The summed E-state index contributed by atoms with van der Waals surface area (Å²) < 4.78 is 5.30. The predicted octanol–water partition coefficient (Wildman–Crippen LogP) is 3.27. The molecule has 4 atom stereocenters. The lowest BCUT2D eigenvalue weighted by molar-refractivity contribution is -0.163. The average molecular weight is 422 g/mol. The van der Waals surface area contributed by atoms with E-state index in [1.807, 2.05) is 36.4 Å². The van der Waals surface area contributed by atoms with Gasteiger partial charge in [-0.05, 0) is 49.6 Å². The van der Waals surface area contributed by atoms with Crippen LogP contribution in [-0.4, -0.2) is 40.7 Å². The second-order valence-electron chi connectivity index (χ2n) is 8.35. The average Bonchev–Trinajstić information content (AvgIpc) is 3.03. The summed E-state index contributed by atoms with van der Waals surface area (Å²) in [6, 6.07) is 12.2. The van der Waals surface area contributed by atoms with Crippen LogP contribution < -0.4 is 5.32 Å². The lowest BCUT2D eigenvalue weighted by atomic mass is 9.81. The Bertz CT molecular complexity index is 1030. The maximum absolute atomic E-state index is 12.7. The normalized spacial score (nSPS) is 22.7. The molecule has 1 saturated heterocycles. The molecule has 162 valence electrons. The topological polar surface area (TPSA) is 92.8 Å². The summed E-state index contributed by atoms with van der Waals surface area (Å²) in [7, 11) is 0. The van der Waals surface area contributed by atoms with Crippen LogP contribution in [0.4, 0.5) is 5.69 Å². The van der Waals surface area contributed by atoms with Crippen LogP contribution in [0.5, 0.6) is 0 Å². The largest absolute Gasteiger partial charge is 0.451 e. The van der Waals surface area contributed by atoms with Crippen molar-refractivity contribution in [2.75, 3.05) is 5.32 Å². The first-order chi connectivity index (χ1) is 14.9. The Hall–Kier alpha value is -3.22. The second-order valence-corrected chi connectivity index (χ2v) is 8.35. The van der Waals surface area contributed by atoms with E-state index in [0.29, 0.717) is 18.5 Å². The number of anilines is 1. The van der Waals surface area contributed by atoms with Crippen LogP contribution in [0.15, 0.2) is 42.5 Å². The third-order valence-electron chi connectivity index (χ3n) is 6.28. The third kappa shape index (κ3) is 4.04. The highest BCUT2D eigenvalue weighted by Gasteiger charge is 2.51. The van der Waals surface area contributed by atoms with Crippen molar-refractivity contribution < 1.29 is 23.9 Å². The number of benzene rings is 2. The molecule has 31 heavy (non-hydrogen) atoms. The van der Waals surface area contributed by atoms with Gasteiger partial charge in [0.25, 0.3) is 5.91 Å². The van der Waals surface area contributed by atoms with Crippen molar-refractivity contribution in [2.24, 2.45) is 11.8 Å². The number of hydrogen-bond donors (Lipinski definition) is 1. The molecule has 7 nitrogen and oxygen atoms in total. The Morgan fingerprint density at radius 1 is 0.968 bits per heavy atom. The van der Waals surface area contributed by atoms with Crippen molar-refractivity contribution in [1.29, 1.82) is 0 Å². The van der Waals surface area contributed by atoms with Crippen molar-refractivity contribution in [3.63, 3.8) is 0 Å². The van der Waals surface area contributed by atoms with Gasteiger partial charge in [0, 0.05) is 5.69 Å². The van der Waals surface area contributed by atoms with Gasteiger partial charge in [-0.1, -0.05) is 43.2 Å². The van der Waals surface area contributed by atoms with Gasteiger partial charge in [-0.25, -0.2) is 4.79 Å². The molecule has 3 amide bonds. The Labute approximate surface area is 180 Å². The molecule has 0 radical (unpaired) electrons. The van der Waals surface area contributed by atoms with E-state index in [0.717, 1.165) is 28.5 Å². The lowest BCUT2D eigenvalue weighted by Gasteiger charge is -2.23. The number of carbonyl (C=O) groups is 4. The first kappa shape index (κ1) is 21.0. The summed E-state index contributed by atoms with van der Waals surface area (Å²) in [6.07, 6.45) is 2.12. The second kappa shape index (κ2) is 8.49. The molecule has 0 aromatic heterocycles. The van der Waals surface area contributed by atoms with Crippen LogP contribution in [-0.2, 0) is 23.9 Å². The highest BCUT2D eigenvalue weighted by molar-refractivity contribution is 6.08. The molecule has 0 bridgehead atoms. The van der Waals surface area contributed by atoms with E-state index in [2.05, 4.69) is 5.32 Å². The smallest absolute Gasteiger partial charge is 0.329 e. The van der Waals surface area contributed by atoms with Crippen LogP contribution in [0.3, 0.4) is 0 Å². The summed E-state index contributed by atoms with van der Waals surface area (Å²) in [4.78, 5) is 51.5. The minimum atomic E-state index is -1.07. The summed E-state index contributed by atoms with van der Waals surface area (Å²) in [6.45, 7) is 2.94. The summed E-state index contributed by atoms with van der Waals surface area (Å²) in [5.41, 5.74) is 0.591. The van der Waals surface area contributed by atoms with Crippen molar-refractivity contribution in [3.8, 4) is 0 Å². The van der Waals surface area contributed by atoms with Crippen molar-refractivity contribution in [1.82, 2.24) is 4.90 Å². The number of rotatable bonds is 5. The number of ether oxygens (including phenoxy) is 1. The fourth-order valence-electron chi connectivity index (χ4n) is 4.51. The molecule has 4 rings (SSSR count). The molecule has 1 aliphatic heterocycles. The number of likely N-dealkylation sites (tertiary alicyclic amines) is 1. The quantitative estimate of drug-likeness (QED) is 0.590. The lowest BCUT2D eigenvalue weighted by Crippen LogP contribution is -2.46. The van der Waals surface area contributed by atoms with Gasteiger partial charge in [-0.3, -0.25) is 19.3 Å². The first-order valence-corrected chi connectivity index (χ1v) is 10.7. The molecular formula is C24H26N2O5. The van der Waals surface area contributed by atoms with Crippen molar-refractivity contribution in [2.45, 2.75) is 51.7 Å². The SMILES string of the molecule is C[C@@H](OC(=O)[C@H](C)N1C(=O)[C@H]2CCCC[C@@H]2C1=O)C(=O)Nc1ccc2ccccc2c1. The Kier molecular flexibility index (Phi) is 5.76. The Balaban J connectivity index is 1.38. The molecule has 1 aliphatic carbocycles. The zero-order valence-corrected chi connectivity index (χ0v) is 17.7. The summed E-state index contributed by atoms with van der Waals surface area (Å²) in [5, 5.41) is 4.77. The van der Waals surface area contributed by atoms with E-state index in [-0.39, 0.29) is 23.7 Å². The van der Waals surface area contributed by atoms with Gasteiger partial charge >= 0.3 is 5.97 Å². The Morgan fingerprint density at radius 3 is 2.23 bits per heavy atom. The van der Waals surface area contributed by atoms with E-state index >= 15 is 0 Å². The molecule has 0 unspecified atom stereocenters.